The summed E-state index contributed by atoms with van der Waals surface area (Å²) in [4.78, 5) is 12.1. The van der Waals surface area contributed by atoms with Gasteiger partial charge in [0.2, 0.25) is 0 Å². The number of esters is 1. The number of fused-ring (bicyclic) bond motifs is 1. The average molecular weight is 460 g/mol. The molecular formula is C28H29NO5. The fourth-order valence-electron chi connectivity index (χ4n) is 4.04. The van der Waals surface area contributed by atoms with Crippen molar-refractivity contribution < 1.29 is 23.4 Å². The molecule has 0 aliphatic carbocycles. The Kier molecular flexibility index (Phi) is 7.18. The molecule has 0 aliphatic heterocycles. The lowest BCUT2D eigenvalue weighted by molar-refractivity contribution is -0.142. The molecule has 0 radical (unpaired) electrons. The topological polar surface area (TPSA) is 83.9 Å². The van der Waals surface area contributed by atoms with Gasteiger partial charge in [-0.3, -0.25) is 4.79 Å². The summed E-state index contributed by atoms with van der Waals surface area (Å²) >= 11 is 0. The van der Waals surface area contributed by atoms with Gasteiger partial charge in [-0.2, -0.15) is 0 Å². The first kappa shape index (κ1) is 23.4. The summed E-state index contributed by atoms with van der Waals surface area (Å²) in [5, 5.41) is 0.910. The quantitative estimate of drug-likeness (QED) is 0.330. The normalized spacial score (nSPS) is 10.9. The van der Waals surface area contributed by atoms with Crippen molar-refractivity contribution in [3.8, 4) is 22.6 Å². The van der Waals surface area contributed by atoms with Crippen LogP contribution < -0.4 is 15.2 Å². The van der Waals surface area contributed by atoms with Gasteiger partial charge in [0.15, 0.2) is 11.3 Å². The highest BCUT2D eigenvalue weighted by Gasteiger charge is 2.17. The third kappa shape index (κ3) is 4.92. The predicted octanol–water partition coefficient (Wildman–Crippen LogP) is 5.56. The Morgan fingerprint density at radius 1 is 1.03 bits per heavy atom. The molecule has 2 N–H and O–H groups in total. The monoisotopic (exact) mass is 459 g/mol. The van der Waals surface area contributed by atoms with Gasteiger partial charge < -0.3 is 24.4 Å². The van der Waals surface area contributed by atoms with Crippen LogP contribution in [0.25, 0.3) is 22.1 Å². The van der Waals surface area contributed by atoms with E-state index >= 15 is 0 Å². The molecule has 3 aromatic carbocycles. The Morgan fingerprint density at radius 3 is 2.62 bits per heavy atom. The molecule has 4 aromatic rings. The van der Waals surface area contributed by atoms with Crippen LogP contribution in [0.2, 0.25) is 0 Å². The smallest absolute Gasteiger partial charge is 0.310 e. The maximum atomic E-state index is 12.1. The number of hydrogen-bond donors (Lipinski definition) is 1. The van der Waals surface area contributed by atoms with E-state index in [1.165, 1.54) is 0 Å². The van der Waals surface area contributed by atoms with E-state index in [0.717, 1.165) is 38.8 Å². The van der Waals surface area contributed by atoms with Crippen molar-refractivity contribution in [2.45, 2.75) is 33.4 Å². The molecule has 0 aliphatic rings. The lowest BCUT2D eigenvalue weighted by atomic mass is 10.00. The molecule has 0 saturated carbocycles. The Labute approximate surface area is 199 Å². The van der Waals surface area contributed by atoms with E-state index in [1.54, 1.807) is 20.3 Å². The first-order chi connectivity index (χ1) is 16.5. The molecule has 0 amide bonds. The van der Waals surface area contributed by atoms with E-state index in [0.29, 0.717) is 30.2 Å². The standard InChI is InChI=1S/C28H29NO5/c1-4-32-26(30)14-21-10-5-7-18(2)27(21)33-16-23-17-34-28-24(23)12-22(13-25(28)31-3)20-9-6-8-19(11-20)15-29/h5-13,17H,4,14-16,29H2,1-3H3. The van der Waals surface area contributed by atoms with Crippen LogP contribution in [0.15, 0.2) is 65.3 Å². The van der Waals surface area contributed by atoms with Crippen LogP contribution in [-0.2, 0) is 29.1 Å². The Bertz CT molecular complexity index is 1310. The van der Waals surface area contributed by atoms with Crippen molar-refractivity contribution in [1.82, 2.24) is 0 Å². The minimum absolute atomic E-state index is 0.159. The average Bonchev–Trinajstić information content (AvgIpc) is 3.26. The van der Waals surface area contributed by atoms with Crippen LogP contribution in [0.4, 0.5) is 0 Å². The Hall–Kier alpha value is -3.77. The molecule has 6 heteroatoms. The highest BCUT2D eigenvalue weighted by molar-refractivity contribution is 5.91. The van der Waals surface area contributed by atoms with Gasteiger partial charge in [0.1, 0.15) is 12.4 Å². The molecule has 176 valence electrons. The number of benzene rings is 3. The summed E-state index contributed by atoms with van der Waals surface area (Å²) in [6.07, 6.45) is 1.85. The first-order valence-electron chi connectivity index (χ1n) is 11.3. The lowest BCUT2D eigenvalue weighted by Crippen LogP contribution is -2.09. The fourth-order valence-corrected chi connectivity index (χ4v) is 4.04. The highest BCUT2D eigenvalue weighted by atomic mass is 16.5. The number of ether oxygens (including phenoxy) is 3. The molecule has 1 heterocycles. The molecule has 0 saturated heterocycles. The van der Waals surface area contributed by atoms with Crippen molar-refractivity contribution in [2.75, 3.05) is 13.7 Å². The van der Waals surface area contributed by atoms with Crippen molar-refractivity contribution >= 4 is 16.9 Å². The molecule has 4 rings (SSSR count). The van der Waals surface area contributed by atoms with E-state index in [2.05, 4.69) is 12.1 Å². The second kappa shape index (κ2) is 10.4. The summed E-state index contributed by atoms with van der Waals surface area (Å²) in [5.41, 5.74) is 12.2. The highest BCUT2D eigenvalue weighted by Crippen LogP contribution is 2.36. The summed E-state index contributed by atoms with van der Waals surface area (Å²) < 4.78 is 22.8. The van der Waals surface area contributed by atoms with Gasteiger partial charge >= 0.3 is 5.97 Å². The molecule has 1 aromatic heterocycles. The van der Waals surface area contributed by atoms with E-state index in [4.69, 9.17) is 24.4 Å². The van der Waals surface area contributed by atoms with Crippen LogP contribution in [0.3, 0.4) is 0 Å². The zero-order valence-corrected chi connectivity index (χ0v) is 19.7. The van der Waals surface area contributed by atoms with Gasteiger partial charge in [-0.15, -0.1) is 0 Å². The van der Waals surface area contributed by atoms with Gasteiger partial charge in [0.25, 0.3) is 0 Å². The van der Waals surface area contributed by atoms with Crippen LogP contribution in [-0.4, -0.2) is 19.7 Å². The lowest BCUT2D eigenvalue weighted by Gasteiger charge is -2.14. The van der Waals surface area contributed by atoms with E-state index in [9.17, 15) is 4.79 Å². The summed E-state index contributed by atoms with van der Waals surface area (Å²) in [6, 6.07) is 17.9. The largest absolute Gasteiger partial charge is 0.493 e. The van der Waals surface area contributed by atoms with Crippen LogP contribution in [0, 0.1) is 6.92 Å². The predicted molar refractivity (Wildman–Crippen MR) is 132 cm³/mol. The number of rotatable bonds is 9. The Balaban J connectivity index is 1.67. The molecule has 0 atom stereocenters. The Morgan fingerprint density at radius 2 is 1.85 bits per heavy atom. The number of para-hydroxylation sites is 1. The molecule has 6 nitrogen and oxygen atoms in total. The van der Waals surface area contributed by atoms with Gasteiger partial charge in [-0.25, -0.2) is 0 Å². The first-order valence-corrected chi connectivity index (χ1v) is 11.3. The maximum absolute atomic E-state index is 12.1. The molecule has 0 spiro atoms. The van der Waals surface area contributed by atoms with Crippen LogP contribution >= 0.6 is 0 Å². The van der Waals surface area contributed by atoms with Gasteiger partial charge in [0.05, 0.1) is 26.4 Å². The molecule has 0 bridgehead atoms. The number of hydrogen-bond acceptors (Lipinski definition) is 6. The number of methoxy groups -OCH3 is 1. The molecule has 0 fully saturated rings. The van der Waals surface area contributed by atoms with Crippen molar-refractivity contribution in [2.24, 2.45) is 5.73 Å². The third-order valence-electron chi connectivity index (χ3n) is 5.74. The SMILES string of the molecule is CCOC(=O)Cc1cccc(C)c1OCc1coc2c(OC)cc(-c3cccc(CN)c3)cc12. The minimum atomic E-state index is -0.277. The number of nitrogens with two attached hydrogens (primary N) is 1. The summed E-state index contributed by atoms with van der Waals surface area (Å²) in [7, 11) is 1.63. The minimum Gasteiger partial charge on any atom is -0.493 e. The second-order valence-corrected chi connectivity index (χ2v) is 8.05. The van der Waals surface area contributed by atoms with Gasteiger partial charge in [-0.05, 0) is 54.3 Å². The summed E-state index contributed by atoms with van der Waals surface area (Å²) in [6.45, 7) is 4.86. The number of carbonyl (C=O) groups excluding carboxylic acids is 1. The van der Waals surface area contributed by atoms with Crippen molar-refractivity contribution in [1.29, 1.82) is 0 Å². The maximum Gasteiger partial charge on any atom is 0.310 e. The van der Waals surface area contributed by atoms with E-state index < -0.39 is 0 Å². The molecule has 0 unspecified atom stereocenters. The fraction of sp³-hybridized carbons (Fsp3) is 0.250. The zero-order chi connectivity index (χ0) is 24.1. The number of furan rings is 1. The zero-order valence-electron chi connectivity index (χ0n) is 19.7. The van der Waals surface area contributed by atoms with Crippen LogP contribution in [0.5, 0.6) is 11.5 Å². The molecule has 34 heavy (non-hydrogen) atoms. The van der Waals surface area contributed by atoms with Crippen LogP contribution in [0.1, 0.15) is 29.2 Å². The third-order valence-corrected chi connectivity index (χ3v) is 5.74. The van der Waals surface area contributed by atoms with E-state index in [-0.39, 0.29) is 19.0 Å². The van der Waals surface area contributed by atoms with Gasteiger partial charge in [0, 0.05) is 23.1 Å². The van der Waals surface area contributed by atoms with Crippen molar-refractivity contribution in [3.05, 3.63) is 83.1 Å². The number of aryl methyl sites for hydroxylation is 1. The summed E-state index contributed by atoms with van der Waals surface area (Å²) in [5.74, 6) is 1.06. The van der Waals surface area contributed by atoms with E-state index in [1.807, 2.05) is 49.4 Å². The number of carbonyl (C=O) groups is 1. The second-order valence-electron chi connectivity index (χ2n) is 8.05. The van der Waals surface area contributed by atoms with Crippen molar-refractivity contribution in [3.63, 3.8) is 0 Å². The molecular weight excluding hydrogens is 430 g/mol. The van der Waals surface area contributed by atoms with Gasteiger partial charge in [-0.1, -0.05) is 36.4 Å².